The second-order valence-corrected chi connectivity index (χ2v) is 9.90. The Morgan fingerprint density at radius 1 is 1.22 bits per heavy atom. The summed E-state index contributed by atoms with van der Waals surface area (Å²) >= 11 is 1.63. The number of carbonyl (C=O) groups excluding carboxylic acids is 1. The number of carbonyl (C=O) groups is 1. The molecule has 4 atom stereocenters. The number of anilines is 1. The first-order chi connectivity index (χ1) is 15.6. The number of fused-ring (bicyclic) bond motifs is 1. The van der Waals surface area contributed by atoms with E-state index in [1.165, 1.54) is 16.5 Å². The number of hydrogen-bond donors (Lipinski definition) is 2. The highest BCUT2D eigenvalue weighted by molar-refractivity contribution is 7.09. The third-order valence-corrected chi connectivity index (χ3v) is 7.73. The van der Waals surface area contributed by atoms with E-state index in [-0.39, 0.29) is 17.7 Å². The molecule has 1 aromatic carbocycles. The van der Waals surface area contributed by atoms with Gasteiger partial charge in [0.25, 0.3) is 0 Å². The number of aromatic nitrogens is 2. The minimum atomic E-state index is -0.672. The molecule has 2 aliphatic rings. The monoisotopic (exact) mass is 451 g/mol. The lowest BCUT2D eigenvalue weighted by Gasteiger charge is -2.18. The molecule has 0 aliphatic heterocycles. The van der Waals surface area contributed by atoms with Gasteiger partial charge in [-0.25, -0.2) is 9.37 Å². The molecule has 2 heterocycles. The maximum absolute atomic E-state index is 13.4. The van der Waals surface area contributed by atoms with Crippen molar-refractivity contribution in [1.82, 2.24) is 9.97 Å². The SMILES string of the molecule is O=C(Nc1ccc(C[C@@H]2CC[C@H]([C@H](O)c3cncc(F)c3)C2)cc1)C1CCc2scnc21. The Morgan fingerprint density at radius 3 is 2.88 bits per heavy atom. The lowest BCUT2D eigenvalue weighted by atomic mass is 9.92. The van der Waals surface area contributed by atoms with E-state index in [1.807, 2.05) is 17.6 Å². The van der Waals surface area contributed by atoms with Crippen LogP contribution in [-0.2, 0) is 17.6 Å². The number of aliphatic hydroxyl groups is 1. The van der Waals surface area contributed by atoms with Gasteiger partial charge in [0.15, 0.2) is 0 Å². The maximum Gasteiger partial charge on any atom is 0.233 e. The Bertz CT molecular complexity index is 1100. The molecule has 1 unspecified atom stereocenters. The van der Waals surface area contributed by atoms with Crippen molar-refractivity contribution in [3.63, 3.8) is 0 Å². The van der Waals surface area contributed by atoms with Crippen molar-refractivity contribution < 1.29 is 14.3 Å². The number of halogens is 1. The fourth-order valence-corrected chi connectivity index (χ4v) is 6.00. The van der Waals surface area contributed by atoms with Gasteiger partial charge >= 0.3 is 0 Å². The standard InChI is InChI=1S/C25H26FN3O2S/c26-19-11-18(12-27-13-19)24(30)17-4-1-16(10-17)9-15-2-5-20(6-3-15)29-25(31)21-7-8-22-23(21)28-14-32-22/h2-3,5-6,11-14,16-17,21,24,30H,1,4,7-10H2,(H,29,31)/t16-,17-,21?,24-/m0/s1. The number of thiazole rings is 1. The van der Waals surface area contributed by atoms with Crippen LogP contribution in [0.25, 0.3) is 0 Å². The molecule has 1 fully saturated rings. The van der Waals surface area contributed by atoms with Gasteiger partial charge in [0.05, 0.1) is 29.4 Å². The van der Waals surface area contributed by atoms with E-state index in [0.717, 1.165) is 56.1 Å². The number of aryl methyl sites for hydroxylation is 1. The van der Waals surface area contributed by atoms with Gasteiger partial charge in [0, 0.05) is 22.3 Å². The van der Waals surface area contributed by atoms with E-state index < -0.39 is 11.9 Å². The van der Waals surface area contributed by atoms with Gasteiger partial charge in [0.2, 0.25) is 5.91 Å². The molecule has 5 nitrogen and oxygen atoms in total. The van der Waals surface area contributed by atoms with Crippen LogP contribution in [0, 0.1) is 17.7 Å². The van der Waals surface area contributed by atoms with Crippen molar-refractivity contribution in [2.75, 3.05) is 5.32 Å². The Balaban J connectivity index is 1.15. The summed E-state index contributed by atoms with van der Waals surface area (Å²) in [6.45, 7) is 0. The summed E-state index contributed by atoms with van der Waals surface area (Å²) in [5.41, 5.74) is 5.35. The summed E-state index contributed by atoms with van der Waals surface area (Å²) in [6.07, 6.45) is 7.62. The molecular weight excluding hydrogens is 425 g/mol. The zero-order chi connectivity index (χ0) is 22.1. The van der Waals surface area contributed by atoms with Gasteiger partial charge < -0.3 is 10.4 Å². The summed E-state index contributed by atoms with van der Waals surface area (Å²) < 4.78 is 13.4. The van der Waals surface area contributed by atoms with Crippen LogP contribution in [0.4, 0.5) is 10.1 Å². The van der Waals surface area contributed by atoms with Crippen molar-refractivity contribution >= 4 is 22.9 Å². The van der Waals surface area contributed by atoms with Crippen LogP contribution in [0.1, 0.15) is 59.4 Å². The molecular formula is C25H26FN3O2S. The summed E-state index contributed by atoms with van der Waals surface area (Å²) in [5.74, 6) is 0.0681. The quantitative estimate of drug-likeness (QED) is 0.551. The molecule has 0 bridgehead atoms. The Morgan fingerprint density at radius 2 is 2.06 bits per heavy atom. The number of pyridine rings is 1. The molecule has 166 valence electrons. The third-order valence-electron chi connectivity index (χ3n) is 6.82. The zero-order valence-electron chi connectivity index (χ0n) is 17.7. The predicted octanol–water partition coefficient (Wildman–Crippen LogP) is 5.04. The fraction of sp³-hybridized carbons (Fsp3) is 0.400. The largest absolute Gasteiger partial charge is 0.388 e. The van der Waals surface area contributed by atoms with Crippen molar-refractivity contribution in [1.29, 1.82) is 0 Å². The van der Waals surface area contributed by atoms with E-state index in [0.29, 0.717) is 11.5 Å². The minimum absolute atomic E-state index is 0.0156. The van der Waals surface area contributed by atoms with Crippen LogP contribution >= 0.6 is 11.3 Å². The number of rotatable bonds is 6. The van der Waals surface area contributed by atoms with Crippen LogP contribution < -0.4 is 5.32 Å². The van der Waals surface area contributed by atoms with Gasteiger partial charge in [-0.3, -0.25) is 9.78 Å². The first-order valence-corrected chi connectivity index (χ1v) is 12.1. The number of nitrogens with zero attached hydrogens (tertiary/aromatic N) is 2. The molecule has 0 spiro atoms. The van der Waals surface area contributed by atoms with E-state index in [9.17, 15) is 14.3 Å². The van der Waals surface area contributed by atoms with Gasteiger partial charge in [-0.2, -0.15) is 0 Å². The highest BCUT2D eigenvalue weighted by atomic mass is 32.1. The molecule has 0 radical (unpaired) electrons. The summed E-state index contributed by atoms with van der Waals surface area (Å²) in [5, 5.41) is 13.7. The van der Waals surface area contributed by atoms with Crippen LogP contribution in [0.2, 0.25) is 0 Å². The minimum Gasteiger partial charge on any atom is -0.388 e. The van der Waals surface area contributed by atoms with Crippen molar-refractivity contribution in [2.45, 2.75) is 50.5 Å². The van der Waals surface area contributed by atoms with Crippen LogP contribution in [-0.4, -0.2) is 21.0 Å². The smallest absolute Gasteiger partial charge is 0.233 e. The number of amides is 1. The van der Waals surface area contributed by atoms with Gasteiger partial charge in [-0.05, 0) is 74.1 Å². The van der Waals surface area contributed by atoms with Crippen molar-refractivity contribution in [3.05, 3.63) is 75.8 Å². The van der Waals surface area contributed by atoms with Crippen molar-refractivity contribution in [3.8, 4) is 0 Å². The molecule has 1 saturated carbocycles. The average Bonchev–Trinajstić information content (AvgIpc) is 3.52. The lowest BCUT2D eigenvalue weighted by molar-refractivity contribution is -0.117. The second-order valence-electron chi connectivity index (χ2n) is 8.96. The third kappa shape index (κ3) is 4.45. The molecule has 2 aliphatic carbocycles. The Kier molecular flexibility index (Phi) is 6.02. The van der Waals surface area contributed by atoms with E-state index in [4.69, 9.17) is 0 Å². The number of aliphatic hydroxyl groups excluding tert-OH is 1. The first kappa shape index (κ1) is 21.2. The molecule has 1 amide bonds. The van der Waals surface area contributed by atoms with Gasteiger partial charge in [-0.1, -0.05) is 12.1 Å². The maximum atomic E-state index is 13.4. The summed E-state index contributed by atoms with van der Waals surface area (Å²) in [6, 6.07) is 9.43. The second kappa shape index (κ2) is 9.08. The van der Waals surface area contributed by atoms with Gasteiger partial charge in [0.1, 0.15) is 5.82 Å². The molecule has 2 aromatic heterocycles. The van der Waals surface area contributed by atoms with Crippen LogP contribution in [0.5, 0.6) is 0 Å². The van der Waals surface area contributed by atoms with E-state index >= 15 is 0 Å². The Labute approximate surface area is 190 Å². The highest BCUT2D eigenvalue weighted by Gasteiger charge is 2.32. The highest BCUT2D eigenvalue weighted by Crippen LogP contribution is 2.40. The zero-order valence-corrected chi connectivity index (χ0v) is 18.5. The van der Waals surface area contributed by atoms with Gasteiger partial charge in [-0.15, -0.1) is 11.3 Å². The molecule has 3 aromatic rings. The molecule has 32 heavy (non-hydrogen) atoms. The number of nitrogens with one attached hydrogen (secondary N) is 1. The number of hydrogen-bond acceptors (Lipinski definition) is 5. The molecule has 0 saturated heterocycles. The molecule has 7 heteroatoms. The first-order valence-electron chi connectivity index (χ1n) is 11.2. The normalized spacial score (nSPS) is 23.1. The number of benzene rings is 1. The fourth-order valence-electron chi connectivity index (χ4n) is 5.15. The predicted molar refractivity (Wildman–Crippen MR) is 122 cm³/mol. The molecule has 5 rings (SSSR count). The van der Waals surface area contributed by atoms with Crippen LogP contribution in [0.3, 0.4) is 0 Å². The lowest BCUT2D eigenvalue weighted by Crippen LogP contribution is -2.19. The van der Waals surface area contributed by atoms with Crippen LogP contribution in [0.15, 0.2) is 48.2 Å². The topological polar surface area (TPSA) is 75.1 Å². The summed E-state index contributed by atoms with van der Waals surface area (Å²) in [7, 11) is 0. The Hall–Kier alpha value is -2.64. The average molecular weight is 452 g/mol. The van der Waals surface area contributed by atoms with E-state index in [2.05, 4.69) is 27.4 Å². The summed E-state index contributed by atoms with van der Waals surface area (Å²) in [4.78, 5) is 22.1. The molecule has 2 N–H and O–H groups in total. The van der Waals surface area contributed by atoms with E-state index in [1.54, 1.807) is 17.5 Å². The van der Waals surface area contributed by atoms with Crippen molar-refractivity contribution in [2.24, 2.45) is 11.8 Å².